The quantitative estimate of drug-likeness (QED) is 0.482. The van der Waals surface area contributed by atoms with Gasteiger partial charge in [0.15, 0.2) is 11.2 Å². The number of benzene rings is 1. The molecule has 3 aromatic heterocycles. The van der Waals surface area contributed by atoms with Gasteiger partial charge in [-0.15, -0.1) is 0 Å². The third kappa shape index (κ3) is 3.34. The minimum absolute atomic E-state index is 0.340. The molecule has 3 heterocycles. The van der Waals surface area contributed by atoms with E-state index in [0.29, 0.717) is 30.2 Å². The van der Waals surface area contributed by atoms with Gasteiger partial charge in [-0.25, -0.2) is 4.79 Å². The summed E-state index contributed by atoms with van der Waals surface area (Å²) in [6.45, 7) is 5.17. The Morgan fingerprint density at radius 2 is 1.93 bits per heavy atom. The smallest absolute Gasteiger partial charge is 0.332 e. The first kappa shape index (κ1) is 19.8. The Morgan fingerprint density at radius 3 is 2.70 bits per heavy atom. The summed E-state index contributed by atoms with van der Waals surface area (Å²) in [7, 11) is 3.13. The lowest BCUT2D eigenvalue weighted by Crippen LogP contribution is -2.37. The van der Waals surface area contributed by atoms with Crippen LogP contribution in [0.2, 0.25) is 0 Å². The average molecular weight is 406 g/mol. The summed E-state index contributed by atoms with van der Waals surface area (Å²) in [5, 5.41) is 4.57. The van der Waals surface area contributed by atoms with E-state index in [4.69, 9.17) is 0 Å². The average Bonchev–Trinajstić information content (AvgIpc) is 3.31. The van der Waals surface area contributed by atoms with Gasteiger partial charge in [0, 0.05) is 44.3 Å². The Bertz CT molecular complexity index is 1380. The lowest BCUT2D eigenvalue weighted by molar-refractivity contribution is 0.703. The summed E-state index contributed by atoms with van der Waals surface area (Å²) < 4.78 is 4.39. The van der Waals surface area contributed by atoms with Crippen molar-refractivity contribution in [3.05, 3.63) is 68.5 Å². The molecule has 2 N–H and O–H groups in total. The molecule has 4 aromatic rings. The van der Waals surface area contributed by atoms with E-state index in [0.717, 1.165) is 22.1 Å². The molecular formula is C22H26N6O2. The van der Waals surface area contributed by atoms with Crippen molar-refractivity contribution in [2.24, 2.45) is 14.1 Å². The summed E-state index contributed by atoms with van der Waals surface area (Å²) >= 11 is 0. The molecule has 0 bridgehead atoms. The van der Waals surface area contributed by atoms with Crippen LogP contribution in [-0.2, 0) is 27.1 Å². The molecular weight excluding hydrogens is 380 g/mol. The van der Waals surface area contributed by atoms with Gasteiger partial charge in [0.1, 0.15) is 0 Å². The van der Waals surface area contributed by atoms with Crippen LogP contribution in [0.3, 0.4) is 0 Å². The molecule has 0 saturated carbocycles. The largest absolute Gasteiger partial charge is 0.361 e. The first-order valence-corrected chi connectivity index (χ1v) is 9.97. The van der Waals surface area contributed by atoms with Crippen molar-refractivity contribution in [1.29, 1.82) is 0 Å². The lowest BCUT2D eigenvalue weighted by atomic mass is 10.1. The molecule has 0 atom stereocenters. The van der Waals surface area contributed by atoms with Crippen molar-refractivity contribution in [3.8, 4) is 0 Å². The van der Waals surface area contributed by atoms with Crippen molar-refractivity contribution >= 4 is 28.0 Å². The number of para-hydroxylation sites is 1. The van der Waals surface area contributed by atoms with Crippen LogP contribution in [0, 0.1) is 0 Å². The predicted molar refractivity (Wildman–Crippen MR) is 120 cm³/mol. The third-order valence-electron chi connectivity index (χ3n) is 5.38. The van der Waals surface area contributed by atoms with E-state index < -0.39 is 0 Å². The topological polar surface area (TPSA) is 89.6 Å². The second-order valence-corrected chi connectivity index (χ2v) is 7.74. The highest BCUT2D eigenvalue weighted by Gasteiger charge is 2.18. The molecule has 0 radical (unpaired) electrons. The van der Waals surface area contributed by atoms with E-state index in [-0.39, 0.29) is 11.2 Å². The van der Waals surface area contributed by atoms with Crippen LogP contribution >= 0.6 is 0 Å². The second kappa shape index (κ2) is 7.70. The van der Waals surface area contributed by atoms with Gasteiger partial charge in [-0.1, -0.05) is 29.8 Å². The zero-order chi connectivity index (χ0) is 21.4. The molecule has 1 aromatic carbocycles. The standard InChI is InChI=1S/C22H26N6O2/c1-14(2)10-12-28-18-19(26(3)22(30)27(4)20(18)29)25-21(28)23-11-9-15-13-24-17-8-6-5-7-16(15)17/h5-8,10,13,24H,9,11-12H2,1-4H3,(H,23,25). The number of anilines is 1. The SMILES string of the molecule is CC(C)=CCn1c(NCCc2c[nH]c3ccccc23)nc2c1c(=O)n(C)c(=O)n2C. The molecule has 0 amide bonds. The Balaban J connectivity index is 1.70. The van der Waals surface area contributed by atoms with Crippen molar-refractivity contribution in [2.75, 3.05) is 11.9 Å². The highest BCUT2D eigenvalue weighted by molar-refractivity contribution is 5.83. The molecule has 0 fully saturated rings. The zero-order valence-electron chi connectivity index (χ0n) is 17.7. The van der Waals surface area contributed by atoms with Crippen molar-refractivity contribution in [2.45, 2.75) is 26.8 Å². The Morgan fingerprint density at radius 1 is 1.17 bits per heavy atom. The number of allylic oxidation sites excluding steroid dienone is 2. The van der Waals surface area contributed by atoms with Crippen molar-refractivity contribution in [1.82, 2.24) is 23.7 Å². The second-order valence-electron chi connectivity index (χ2n) is 7.74. The van der Waals surface area contributed by atoms with E-state index in [1.54, 1.807) is 7.05 Å². The zero-order valence-corrected chi connectivity index (χ0v) is 17.7. The van der Waals surface area contributed by atoms with Gasteiger partial charge in [-0.3, -0.25) is 13.9 Å². The maximum absolute atomic E-state index is 12.8. The maximum atomic E-state index is 12.8. The summed E-state index contributed by atoms with van der Waals surface area (Å²) in [5.74, 6) is 0.584. The van der Waals surface area contributed by atoms with Crippen LogP contribution in [0.4, 0.5) is 5.95 Å². The Kier molecular flexibility index (Phi) is 5.07. The van der Waals surface area contributed by atoms with E-state index in [2.05, 4.69) is 27.4 Å². The third-order valence-corrected chi connectivity index (χ3v) is 5.38. The molecule has 0 saturated heterocycles. The summed E-state index contributed by atoms with van der Waals surface area (Å²) in [6, 6.07) is 8.20. The fourth-order valence-corrected chi connectivity index (χ4v) is 3.68. The fourth-order valence-electron chi connectivity index (χ4n) is 3.68. The first-order chi connectivity index (χ1) is 14.4. The number of nitrogens with one attached hydrogen (secondary N) is 2. The van der Waals surface area contributed by atoms with Gasteiger partial charge in [0.2, 0.25) is 5.95 Å². The molecule has 30 heavy (non-hydrogen) atoms. The van der Waals surface area contributed by atoms with Gasteiger partial charge >= 0.3 is 5.69 Å². The number of aromatic nitrogens is 5. The van der Waals surface area contributed by atoms with Gasteiger partial charge in [-0.2, -0.15) is 4.98 Å². The molecule has 8 heteroatoms. The molecule has 0 spiro atoms. The Hall–Kier alpha value is -3.55. The highest BCUT2D eigenvalue weighted by Crippen LogP contribution is 2.19. The van der Waals surface area contributed by atoms with Gasteiger partial charge in [0.25, 0.3) is 5.56 Å². The van der Waals surface area contributed by atoms with E-state index >= 15 is 0 Å². The number of rotatable bonds is 6. The minimum Gasteiger partial charge on any atom is -0.361 e. The van der Waals surface area contributed by atoms with E-state index in [9.17, 15) is 9.59 Å². The number of fused-ring (bicyclic) bond motifs is 2. The number of hydrogen-bond donors (Lipinski definition) is 2. The van der Waals surface area contributed by atoms with Crippen LogP contribution in [-0.4, -0.2) is 30.2 Å². The number of imidazole rings is 1. The maximum Gasteiger partial charge on any atom is 0.332 e. The van der Waals surface area contributed by atoms with Gasteiger partial charge in [0.05, 0.1) is 0 Å². The highest BCUT2D eigenvalue weighted by atomic mass is 16.2. The van der Waals surface area contributed by atoms with Crippen molar-refractivity contribution < 1.29 is 0 Å². The number of hydrogen-bond acceptors (Lipinski definition) is 4. The molecule has 0 aliphatic rings. The monoisotopic (exact) mass is 406 g/mol. The molecule has 0 aliphatic carbocycles. The van der Waals surface area contributed by atoms with Crippen LogP contribution < -0.4 is 16.6 Å². The number of H-pyrrole nitrogens is 1. The first-order valence-electron chi connectivity index (χ1n) is 9.97. The van der Waals surface area contributed by atoms with Gasteiger partial charge in [-0.05, 0) is 31.9 Å². The van der Waals surface area contributed by atoms with Crippen LogP contribution in [0.15, 0.2) is 51.7 Å². The van der Waals surface area contributed by atoms with Crippen LogP contribution in [0.5, 0.6) is 0 Å². The molecule has 156 valence electrons. The lowest BCUT2D eigenvalue weighted by Gasteiger charge is -2.09. The summed E-state index contributed by atoms with van der Waals surface area (Å²) in [5.41, 5.74) is 3.56. The molecule has 0 aliphatic heterocycles. The summed E-state index contributed by atoms with van der Waals surface area (Å²) in [4.78, 5) is 33.0. The van der Waals surface area contributed by atoms with Crippen LogP contribution in [0.25, 0.3) is 22.1 Å². The van der Waals surface area contributed by atoms with Gasteiger partial charge < -0.3 is 14.9 Å². The molecule has 8 nitrogen and oxygen atoms in total. The number of aromatic amines is 1. The van der Waals surface area contributed by atoms with Crippen LogP contribution in [0.1, 0.15) is 19.4 Å². The number of nitrogens with zero attached hydrogens (tertiary/aromatic N) is 4. The number of aryl methyl sites for hydroxylation is 1. The fraction of sp³-hybridized carbons (Fsp3) is 0.318. The normalized spacial score (nSPS) is 11.3. The van der Waals surface area contributed by atoms with E-state index in [1.807, 2.05) is 42.8 Å². The minimum atomic E-state index is -0.385. The predicted octanol–water partition coefficient (Wildman–Crippen LogP) is 2.54. The summed E-state index contributed by atoms with van der Waals surface area (Å²) in [6.07, 6.45) is 4.86. The molecule has 0 unspecified atom stereocenters. The Labute approximate surface area is 173 Å². The molecule has 4 rings (SSSR count). The van der Waals surface area contributed by atoms with Crippen molar-refractivity contribution in [3.63, 3.8) is 0 Å². The van der Waals surface area contributed by atoms with E-state index in [1.165, 1.54) is 22.6 Å².